The number of nitrogens with zero attached hydrogens (tertiary/aromatic N) is 3. The standard InChI is InChI=1S/C16H18BrN3O3S/c1-2-5-20-14(21)12-10-11(17)3-4-13(12)18-15(20)24-9-7-19-6-8-23-16(19)22/h3-4,10H,2,5-9H2,1H3. The van der Waals surface area contributed by atoms with E-state index >= 15 is 0 Å². The number of thioether (sulfide) groups is 1. The summed E-state index contributed by atoms with van der Waals surface area (Å²) >= 11 is 4.90. The maximum Gasteiger partial charge on any atom is 0.409 e. The summed E-state index contributed by atoms with van der Waals surface area (Å²) in [6.45, 7) is 4.33. The van der Waals surface area contributed by atoms with Crippen molar-refractivity contribution in [3.05, 3.63) is 33.0 Å². The first-order valence-corrected chi connectivity index (χ1v) is 9.62. The molecule has 1 aromatic heterocycles. The number of aromatic nitrogens is 2. The first-order chi connectivity index (χ1) is 11.6. The number of halogens is 1. The van der Waals surface area contributed by atoms with Crippen LogP contribution in [0.1, 0.15) is 13.3 Å². The number of amides is 1. The second-order valence-electron chi connectivity index (χ2n) is 5.46. The van der Waals surface area contributed by atoms with Gasteiger partial charge in [0.05, 0.1) is 17.4 Å². The second kappa shape index (κ2) is 7.57. The lowest BCUT2D eigenvalue weighted by Gasteiger charge is -2.14. The minimum absolute atomic E-state index is 0.0220. The van der Waals surface area contributed by atoms with E-state index in [1.54, 1.807) is 9.47 Å². The van der Waals surface area contributed by atoms with Gasteiger partial charge in [0, 0.05) is 23.3 Å². The molecule has 1 aromatic carbocycles. The van der Waals surface area contributed by atoms with Crippen molar-refractivity contribution in [2.45, 2.75) is 25.0 Å². The molecule has 6 nitrogen and oxygen atoms in total. The lowest BCUT2D eigenvalue weighted by molar-refractivity contribution is 0.160. The Hall–Kier alpha value is -1.54. The molecule has 0 radical (unpaired) electrons. The molecular formula is C16H18BrN3O3S. The summed E-state index contributed by atoms with van der Waals surface area (Å²) in [6.07, 6.45) is 0.588. The number of cyclic esters (lactones) is 1. The highest BCUT2D eigenvalue weighted by Gasteiger charge is 2.21. The lowest BCUT2D eigenvalue weighted by Crippen LogP contribution is -2.27. The molecule has 0 N–H and O–H groups in total. The van der Waals surface area contributed by atoms with Crippen LogP contribution < -0.4 is 5.56 Å². The van der Waals surface area contributed by atoms with E-state index in [1.165, 1.54) is 11.8 Å². The van der Waals surface area contributed by atoms with Crippen LogP contribution in [0.15, 0.2) is 32.6 Å². The fraction of sp³-hybridized carbons (Fsp3) is 0.438. The van der Waals surface area contributed by atoms with Gasteiger partial charge in [-0.25, -0.2) is 9.78 Å². The summed E-state index contributed by atoms with van der Waals surface area (Å²) in [7, 11) is 0. The Labute approximate surface area is 152 Å². The Morgan fingerprint density at radius 1 is 1.33 bits per heavy atom. The number of rotatable bonds is 6. The van der Waals surface area contributed by atoms with Gasteiger partial charge in [-0.05, 0) is 24.6 Å². The highest BCUT2D eigenvalue weighted by atomic mass is 79.9. The molecule has 1 amide bonds. The van der Waals surface area contributed by atoms with Crippen molar-refractivity contribution in [1.82, 2.24) is 14.5 Å². The minimum Gasteiger partial charge on any atom is -0.448 e. The quantitative estimate of drug-likeness (QED) is 0.539. The van der Waals surface area contributed by atoms with Crippen LogP contribution in [0.2, 0.25) is 0 Å². The number of fused-ring (bicyclic) bond motifs is 1. The van der Waals surface area contributed by atoms with Gasteiger partial charge in [0.2, 0.25) is 0 Å². The van der Waals surface area contributed by atoms with Gasteiger partial charge < -0.3 is 9.64 Å². The predicted octanol–water partition coefficient (Wildman–Crippen LogP) is 3.11. The largest absolute Gasteiger partial charge is 0.448 e. The van der Waals surface area contributed by atoms with E-state index in [9.17, 15) is 9.59 Å². The number of ether oxygens (including phenoxy) is 1. The molecule has 0 unspecified atom stereocenters. The van der Waals surface area contributed by atoms with E-state index < -0.39 is 0 Å². The van der Waals surface area contributed by atoms with Crippen molar-refractivity contribution in [3.8, 4) is 0 Å². The second-order valence-corrected chi connectivity index (χ2v) is 7.44. The number of hydrogen-bond donors (Lipinski definition) is 0. The fourth-order valence-electron chi connectivity index (χ4n) is 2.58. The van der Waals surface area contributed by atoms with Crippen LogP contribution in [0.5, 0.6) is 0 Å². The van der Waals surface area contributed by atoms with E-state index in [1.807, 2.05) is 25.1 Å². The van der Waals surface area contributed by atoms with Gasteiger partial charge in [-0.3, -0.25) is 9.36 Å². The van der Waals surface area contributed by atoms with E-state index in [-0.39, 0.29) is 11.7 Å². The smallest absolute Gasteiger partial charge is 0.409 e. The third-order valence-corrected chi connectivity index (χ3v) is 5.22. The van der Waals surface area contributed by atoms with Crippen LogP contribution in [0, 0.1) is 0 Å². The van der Waals surface area contributed by atoms with Gasteiger partial charge >= 0.3 is 6.09 Å². The monoisotopic (exact) mass is 411 g/mol. The molecule has 1 fully saturated rings. The average molecular weight is 412 g/mol. The van der Waals surface area contributed by atoms with Gasteiger partial charge in [-0.1, -0.05) is 34.6 Å². The van der Waals surface area contributed by atoms with Gasteiger partial charge in [0.15, 0.2) is 5.16 Å². The molecule has 8 heteroatoms. The molecule has 3 rings (SSSR count). The molecule has 0 bridgehead atoms. The van der Waals surface area contributed by atoms with Crippen LogP contribution in [-0.4, -0.2) is 46.0 Å². The number of benzene rings is 1. The summed E-state index contributed by atoms with van der Waals surface area (Å²) < 4.78 is 7.51. The topological polar surface area (TPSA) is 64.4 Å². The van der Waals surface area contributed by atoms with Crippen LogP contribution >= 0.6 is 27.7 Å². The number of carbonyl (C=O) groups excluding carboxylic acids is 1. The molecular weight excluding hydrogens is 394 g/mol. The van der Waals surface area contributed by atoms with Gasteiger partial charge in [0.25, 0.3) is 5.56 Å². The van der Waals surface area contributed by atoms with Crippen LogP contribution in [0.25, 0.3) is 10.9 Å². The maximum atomic E-state index is 12.8. The molecule has 1 saturated heterocycles. The highest BCUT2D eigenvalue weighted by Crippen LogP contribution is 2.21. The zero-order chi connectivity index (χ0) is 17.1. The molecule has 128 valence electrons. The average Bonchev–Trinajstić information content (AvgIpc) is 2.97. The predicted molar refractivity (Wildman–Crippen MR) is 97.6 cm³/mol. The third-order valence-electron chi connectivity index (χ3n) is 3.77. The van der Waals surface area contributed by atoms with Crippen molar-refractivity contribution in [2.75, 3.05) is 25.4 Å². The zero-order valence-electron chi connectivity index (χ0n) is 13.3. The van der Waals surface area contributed by atoms with Crippen LogP contribution in [0.3, 0.4) is 0 Å². The first-order valence-electron chi connectivity index (χ1n) is 7.84. The van der Waals surface area contributed by atoms with E-state index in [4.69, 9.17) is 4.74 Å². The highest BCUT2D eigenvalue weighted by molar-refractivity contribution is 9.10. The Morgan fingerprint density at radius 2 is 2.17 bits per heavy atom. The molecule has 2 heterocycles. The number of hydrogen-bond acceptors (Lipinski definition) is 5. The Balaban J connectivity index is 1.85. The van der Waals surface area contributed by atoms with Crippen molar-refractivity contribution >= 4 is 44.7 Å². The van der Waals surface area contributed by atoms with Crippen molar-refractivity contribution in [2.24, 2.45) is 0 Å². The summed E-state index contributed by atoms with van der Waals surface area (Å²) in [4.78, 5) is 30.6. The molecule has 0 saturated carbocycles. The molecule has 2 aromatic rings. The molecule has 1 aliphatic rings. The van der Waals surface area contributed by atoms with Crippen molar-refractivity contribution < 1.29 is 9.53 Å². The van der Waals surface area contributed by atoms with Gasteiger partial charge in [-0.2, -0.15) is 0 Å². The maximum absolute atomic E-state index is 12.8. The van der Waals surface area contributed by atoms with Crippen LogP contribution in [0.4, 0.5) is 4.79 Å². The SMILES string of the molecule is CCCn1c(SCCN2CCOC2=O)nc2ccc(Br)cc2c1=O. The Morgan fingerprint density at radius 3 is 2.88 bits per heavy atom. The van der Waals surface area contributed by atoms with Crippen LogP contribution in [-0.2, 0) is 11.3 Å². The molecule has 0 aliphatic carbocycles. The zero-order valence-corrected chi connectivity index (χ0v) is 15.7. The van der Waals surface area contributed by atoms with Gasteiger partial charge in [0.1, 0.15) is 6.61 Å². The van der Waals surface area contributed by atoms with E-state index in [0.717, 1.165) is 10.9 Å². The molecule has 0 spiro atoms. The first kappa shape index (κ1) is 17.3. The summed E-state index contributed by atoms with van der Waals surface area (Å²) in [5.41, 5.74) is 0.671. The third kappa shape index (κ3) is 3.59. The molecule has 0 atom stereocenters. The summed E-state index contributed by atoms with van der Waals surface area (Å²) in [5, 5.41) is 1.31. The molecule has 1 aliphatic heterocycles. The van der Waals surface area contributed by atoms with Gasteiger partial charge in [-0.15, -0.1) is 0 Å². The summed E-state index contributed by atoms with van der Waals surface area (Å²) in [6, 6.07) is 5.54. The molecule has 24 heavy (non-hydrogen) atoms. The number of carbonyl (C=O) groups is 1. The fourth-order valence-corrected chi connectivity index (χ4v) is 3.93. The van der Waals surface area contributed by atoms with Crippen molar-refractivity contribution in [3.63, 3.8) is 0 Å². The summed E-state index contributed by atoms with van der Waals surface area (Å²) in [5.74, 6) is 0.674. The lowest BCUT2D eigenvalue weighted by atomic mass is 10.2. The van der Waals surface area contributed by atoms with Crippen molar-refractivity contribution in [1.29, 1.82) is 0 Å². The Kier molecular flexibility index (Phi) is 5.45. The minimum atomic E-state index is -0.266. The normalized spacial score (nSPS) is 14.4. The van der Waals surface area contributed by atoms with E-state index in [0.29, 0.717) is 48.1 Å². The van der Waals surface area contributed by atoms with E-state index in [2.05, 4.69) is 20.9 Å². The Bertz CT molecular complexity index is 824.